The summed E-state index contributed by atoms with van der Waals surface area (Å²) in [4.78, 5) is 37.8. The number of hydrogen-bond donors (Lipinski definition) is 1. The number of nitrogens with zero attached hydrogens (tertiary/aromatic N) is 4. The Hall–Kier alpha value is -4.12. The van der Waals surface area contributed by atoms with Gasteiger partial charge in [0.05, 0.1) is 22.6 Å². The van der Waals surface area contributed by atoms with Crippen LogP contribution in [0.1, 0.15) is 36.0 Å². The summed E-state index contributed by atoms with van der Waals surface area (Å²) in [7, 11) is 0. The number of nitro groups is 1. The van der Waals surface area contributed by atoms with Crippen LogP contribution in [0.4, 0.5) is 10.8 Å². The number of aliphatic hydroxyl groups excluding tert-OH is 1. The number of hydrogen-bond acceptors (Lipinski definition) is 9. The number of Topliss-reactive ketones (excluding diaryl/α,β-unsaturated/α-hetero) is 1. The van der Waals surface area contributed by atoms with Crippen LogP contribution in [0.2, 0.25) is 0 Å². The van der Waals surface area contributed by atoms with Crippen molar-refractivity contribution in [3.05, 3.63) is 80.4 Å². The van der Waals surface area contributed by atoms with Crippen LogP contribution >= 0.6 is 11.3 Å². The molecule has 4 rings (SSSR count). The Morgan fingerprint density at radius 2 is 1.76 bits per heavy atom. The molecule has 3 aromatic rings. The predicted octanol–water partition coefficient (Wildman–Crippen LogP) is 4.17. The molecule has 11 heteroatoms. The number of anilines is 1. The standard InChI is InChI=1S/C23H20N4O6S/c1-12(2)33-17-10-6-15(7-11-17)20(28)18-19(14-4-8-16(9-5-14)27(31)32)26(22(30)21(18)29)23-25-24-13(3)34-23/h4-12,19,28H,1-3H3/b20-18+/t19-/m0/s1. The Bertz CT molecular complexity index is 1300. The molecule has 1 aromatic heterocycles. The third kappa shape index (κ3) is 4.25. The second-order valence-corrected chi connectivity index (χ2v) is 8.97. The van der Waals surface area contributed by atoms with Crippen LogP contribution in [0.5, 0.6) is 5.75 Å². The van der Waals surface area contributed by atoms with Crippen LogP contribution < -0.4 is 9.64 Å². The predicted molar refractivity (Wildman–Crippen MR) is 125 cm³/mol. The number of benzene rings is 2. The van der Waals surface area contributed by atoms with E-state index in [9.17, 15) is 24.8 Å². The van der Waals surface area contributed by atoms with E-state index in [1.54, 1.807) is 31.2 Å². The van der Waals surface area contributed by atoms with E-state index in [-0.39, 0.29) is 28.3 Å². The van der Waals surface area contributed by atoms with Crippen LogP contribution in [0.3, 0.4) is 0 Å². The first-order valence-electron chi connectivity index (χ1n) is 10.3. The third-order valence-electron chi connectivity index (χ3n) is 5.09. The number of rotatable bonds is 6. The van der Waals surface area contributed by atoms with Crippen LogP contribution in [0.15, 0.2) is 54.1 Å². The monoisotopic (exact) mass is 480 g/mol. The molecule has 34 heavy (non-hydrogen) atoms. The van der Waals surface area contributed by atoms with Crippen molar-refractivity contribution >= 4 is 39.6 Å². The fraction of sp³-hybridized carbons (Fsp3) is 0.217. The smallest absolute Gasteiger partial charge is 0.301 e. The number of carbonyl (C=O) groups is 2. The fourth-order valence-electron chi connectivity index (χ4n) is 3.63. The van der Waals surface area contributed by atoms with E-state index >= 15 is 0 Å². The van der Waals surface area contributed by atoms with Crippen molar-refractivity contribution in [2.24, 2.45) is 0 Å². The van der Waals surface area contributed by atoms with Gasteiger partial charge in [-0.15, -0.1) is 10.2 Å². The highest BCUT2D eigenvalue weighted by Crippen LogP contribution is 2.43. The number of nitro benzene ring substituents is 1. The molecule has 2 aromatic carbocycles. The zero-order chi connectivity index (χ0) is 24.6. The number of aliphatic hydroxyl groups is 1. The van der Waals surface area contributed by atoms with Crippen LogP contribution in [-0.4, -0.2) is 38.0 Å². The zero-order valence-electron chi connectivity index (χ0n) is 18.5. The number of ether oxygens (including phenoxy) is 1. The molecule has 1 aliphatic heterocycles. The lowest BCUT2D eigenvalue weighted by atomic mass is 9.95. The molecule has 0 spiro atoms. The highest BCUT2D eigenvalue weighted by molar-refractivity contribution is 7.15. The molecule has 1 fully saturated rings. The number of non-ortho nitro benzene ring substituents is 1. The van der Waals surface area contributed by atoms with Crippen LogP contribution in [0, 0.1) is 17.0 Å². The van der Waals surface area contributed by atoms with Gasteiger partial charge in [-0.2, -0.15) is 0 Å². The first-order valence-corrected chi connectivity index (χ1v) is 11.1. The van der Waals surface area contributed by atoms with Gasteiger partial charge >= 0.3 is 5.91 Å². The van der Waals surface area contributed by atoms with Crippen molar-refractivity contribution in [2.75, 3.05) is 4.90 Å². The van der Waals surface area contributed by atoms with Crippen molar-refractivity contribution in [3.8, 4) is 5.75 Å². The average Bonchev–Trinajstić information content (AvgIpc) is 3.34. The van der Waals surface area contributed by atoms with Gasteiger partial charge in [-0.1, -0.05) is 11.3 Å². The van der Waals surface area contributed by atoms with Crippen LogP contribution in [-0.2, 0) is 9.59 Å². The molecule has 1 atom stereocenters. The molecule has 174 valence electrons. The molecule has 10 nitrogen and oxygen atoms in total. The molecule has 0 saturated carbocycles. The topological polar surface area (TPSA) is 136 Å². The minimum Gasteiger partial charge on any atom is -0.507 e. The van der Waals surface area contributed by atoms with Crippen molar-refractivity contribution in [1.29, 1.82) is 0 Å². The largest absolute Gasteiger partial charge is 0.507 e. The summed E-state index contributed by atoms with van der Waals surface area (Å²) in [5.41, 5.74) is 0.422. The molecule has 0 radical (unpaired) electrons. The molecular weight excluding hydrogens is 460 g/mol. The maximum Gasteiger partial charge on any atom is 0.301 e. The third-order valence-corrected chi connectivity index (χ3v) is 5.92. The molecule has 0 unspecified atom stereocenters. The van der Waals surface area contributed by atoms with Gasteiger partial charge in [-0.25, -0.2) is 0 Å². The summed E-state index contributed by atoms with van der Waals surface area (Å²) in [6, 6.07) is 10.9. The van der Waals surface area contributed by atoms with Gasteiger partial charge < -0.3 is 9.84 Å². The SMILES string of the molecule is Cc1nnc(N2C(=O)C(=O)/C(=C(/O)c3ccc(OC(C)C)cc3)[C@@H]2c2ccc([N+](=O)[O-])cc2)s1. The van der Waals surface area contributed by atoms with E-state index in [4.69, 9.17) is 4.74 Å². The number of aryl methyl sites for hydroxylation is 1. The fourth-order valence-corrected chi connectivity index (χ4v) is 4.34. The Morgan fingerprint density at radius 3 is 2.29 bits per heavy atom. The molecule has 1 aliphatic rings. The molecular formula is C23H20N4O6S. The first kappa shape index (κ1) is 23.1. The molecule has 1 saturated heterocycles. The van der Waals surface area contributed by atoms with Gasteiger partial charge in [0, 0.05) is 17.7 Å². The lowest BCUT2D eigenvalue weighted by Gasteiger charge is -2.22. The average molecular weight is 481 g/mol. The minimum atomic E-state index is -1.04. The molecule has 2 heterocycles. The number of carbonyl (C=O) groups excluding carboxylic acids is 2. The quantitative estimate of drug-likeness (QED) is 0.183. The van der Waals surface area contributed by atoms with Crippen molar-refractivity contribution < 1.29 is 24.4 Å². The van der Waals surface area contributed by atoms with E-state index in [2.05, 4.69) is 10.2 Å². The highest BCUT2D eigenvalue weighted by atomic mass is 32.1. The number of amides is 1. The van der Waals surface area contributed by atoms with E-state index in [0.29, 0.717) is 21.9 Å². The molecule has 1 N–H and O–H groups in total. The zero-order valence-corrected chi connectivity index (χ0v) is 19.3. The normalized spacial score (nSPS) is 17.4. The Kier molecular flexibility index (Phi) is 6.12. The lowest BCUT2D eigenvalue weighted by Crippen LogP contribution is -2.29. The van der Waals surface area contributed by atoms with E-state index < -0.39 is 22.7 Å². The highest BCUT2D eigenvalue weighted by Gasteiger charge is 2.48. The van der Waals surface area contributed by atoms with Gasteiger partial charge in [-0.05, 0) is 62.7 Å². The van der Waals surface area contributed by atoms with Gasteiger partial charge in [0.15, 0.2) is 0 Å². The Balaban J connectivity index is 1.85. The Labute approximate surface area is 198 Å². The summed E-state index contributed by atoms with van der Waals surface area (Å²) >= 11 is 1.12. The molecule has 0 bridgehead atoms. The summed E-state index contributed by atoms with van der Waals surface area (Å²) in [6.45, 7) is 5.48. The summed E-state index contributed by atoms with van der Waals surface area (Å²) in [6.07, 6.45) is -0.0396. The van der Waals surface area contributed by atoms with Gasteiger partial charge in [0.25, 0.3) is 11.5 Å². The molecule has 1 amide bonds. The maximum atomic E-state index is 13.1. The van der Waals surface area contributed by atoms with E-state index in [1.165, 1.54) is 24.3 Å². The van der Waals surface area contributed by atoms with Gasteiger partial charge in [-0.3, -0.25) is 24.6 Å². The summed E-state index contributed by atoms with van der Waals surface area (Å²) < 4.78 is 5.61. The second-order valence-electron chi connectivity index (χ2n) is 7.81. The van der Waals surface area contributed by atoms with Crippen molar-refractivity contribution in [1.82, 2.24) is 10.2 Å². The number of ketones is 1. The van der Waals surface area contributed by atoms with Gasteiger partial charge in [0.1, 0.15) is 16.5 Å². The van der Waals surface area contributed by atoms with E-state index in [0.717, 1.165) is 16.2 Å². The van der Waals surface area contributed by atoms with E-state index in [1.807, 2.05) is 13.8 Å². The second kappa shape index (κ2) is 9.02. The van der Waals surface area contributed by atoms with Crippen LogP contribution in [0.25, 0.3) is 5.76 Å². The van der Waals surface area contributed by atoms with Crippen molar-refractivity contribution in [3.63, 3.8) is 0 Å². The summed E-state index contributed by atoms with van der Waals surface area (Å²) in [5, 5.41) is 30.9. The minimum absolute atomic E-state index is 0.0396. The summed E-state index contributed by atoms with van der Waals surface area (Å²) in [5.74, 6) is -1.55. The van der Waals surface area contributed by atoms with Gasteiger partial charge in [0.2, 0.25) is 5.13 Å². The van der Waals surface area contributed by atoms with Crippen molar-refractivity contribution in [2.45, 2.75) is 32.9 Å². The number of aromatic nitrogens is 2. The maximum absolute atomic E-state index is 13.1. The lowest BCUT2D eigenvalue weighted by molar-refractivity contribution is -0.384. The molecule has 0 aliphatic carbocycles. The Morgan fingerprint density at radius 1 is 1.12 bits per heavy atom. The first-order chi connectivity index (χ1) is 16.2.